The predicted octanol–water partition coefficient (Wildman–Crippen LogP) is 2.84. The van der Waals surface area contributed by atoms with Crippen molar-refractivity contribution in [2.45, 2.75) is 45.4 Å². The van der Waals surface area contributed by atoms with Gasteiger partial charge in [-0.2, -0.15) is 0 Å². The van der Waals surface area contributed by atoms with Gasteiger partial charge < -0.3 is 0 Å². The van der Waals surface area contributed by atoms with E-state index in [-0.39, 0.29) is 0 Å². The quantitative estimate of drug-likeness (QED) is 0.380. The van der Waals surface area contributed by atoms with Crippen LogP contribution in [-0.2, 0) is 0 Å². The van der Waals surface area contributed by atoms with E-state index in [1.54, 1.807) is 0 Å². The van der Waals surface area contributed by atoms with Crippen molar-refractivity contribution in [1.29, 1.82) is 0 Å². The van der Waals surface area contributed by atoms with Crippen molar-refractivity contribution in [3.63, 3.8) is 0 Å². The summed E-state index contributed by atoms with van der Waals surface area (Å²) < 4.78 is 0. The number of hydrogen-bond acceptors (Lipinski definition) is 0. The molecule has 0 saturated heterocycles. The molecule has 0 aromatic rings. The van der Waals surface area contributed by atoms with Gasteiger partial charge in [0.25, 0.3) is 0 Å². The maximum absolute atomic E-state index is 2.27. The molecular weight excluding hydrogens is 255 g/mol. The average molecular weight is 274 g/mol. The maximum atomic E-state index is 2.27. The molecule has 0 amide bonds. The molecule has 62 valence electrons. The Hall–Kier alpha value is 1.22. The first-order valence-corrected chi connectivity index (χ1v) is 9.27. The van der Waals surface area contributed by atoms with Crippen LogP contribution in [0.1, 0.15) is 45.4 Å². The van der Waals surface area contributed by atoms with Crippen molar-refractivity contribution >= 4 is 28.0 Å². The topological polar surface area (TPSA) is 0 Å². The molecule has 0 fully saturated rings. The molecule has 0 aliphatic carbocycles. The molecule has 0 bridgehead atoms. The summed E-state index contributed by atoms with van der Waals surface area (Å²) in [5.41, 5.74) is 0. The van der Waals surface area contributed by atoms with Gasteiger partial charge in [0.1, 0.15) is 0 Å². The molecule has 0 heterocycles. The summed E-state index contributed by atoms with van der Waals surface area (Å²) in [5.74, 6) is 0. The summed E-state index contributed by atoms with van der Waals surface area (Å²) in [6.07, 6.45) is 11.4. The molecule has 0 radical (unpaired) electrons. The average Bonchev–Trinajstić information content (AvgIpc) is 1.97. The first-order valence-electron chi connectivity index (χ1n) is 4.28. The van der Waals surface area contributed by atoms with Crippen molar-refractivity contribution in [3.8, 4) is 0 Å². The van der Waals surface area contributed by atoms with Gasteiger partial charge >= 0.3 is 79.6 Å². The molecule has 0 aromatic heterocycles. The molecule has 0 saturated carbocycles. The van der Waals surface area contributed by atoms with Crippen LogP contribution in [0.5, 0.6) is 0 Å². The fourth-order valence-corrected chi connectivity index (χ4v) is 2.75. The van der Waals surface area contributed by atoms with Gasteiger partial charge in [-0.3, -0.25) is 0 Å². The van der Waals surface area contributed by atoms with E-state index in [4.69, 9.17) is 0 Å². The monoisotopic (exact) mass is 276 g/mol. The van der Waals surface area contributed by atoms with E-state index in [1.165, 1.54) is 51.0 Å². The Bertz CT molecular complexity index is 49.2. The van der Waals surface area contributed by atoms with E-state index in [1.807, 2.05) is 21.7 Å². The zero-order chi connectivity index (χ0) is 7.66. The summed E-state index contributed by atoms with van der Waals surface area (Å²) in [6.45, 7) is 2.27. The Kier molecular flexibility index (Phi) is 11.5. The van der Waals surface area contributed by atoms with Crippen LogP contribution in [0.2, 0.25) is 0 Å². The van der Waals surface area contributed by atoms with Gasteiger partial charge in [0.15, 0.2) is 0 Å². The number of unbranched alkanes of at least 4 members (excludes halogenated alkanes) is 5. The van der Waals surface area contributed by atoms with E-state index < -0.39 is 0 Å². The standard InChI is InChI=1S/C8H19PTe/c1-2-3-4-5-6-7-8-9-10/h9-10H,2-8H2,1H3. The van der Waals surface area contributed by atoms with Crippen LogP contribution in [-0.4, -0.2) is 27.9 Å². The van der Waals surface area contributed by atoms with E-state index >= 15 is 0 Å². The molecule has 2 heteroatoms. The van der Waals surface area contributed by atoms with Crippen molar-refractivity contribution in [3.05, 3.63) is 0 Å². The molecule has 0 nitrogen and oxygen atoms in total. The zero-order valence-electron chi connectivity index (χ0n) is 6.90. The normalized spacial score (nSPS) is 11.4. The molecule has 0 spiro atoms. The van der Waals surface area contributed by atoms with Crippen molar-refractivity contribution < 1.29 is 0 Å². The summed E-state index contributed by atoms with van der Waals surface area (Å²) in [6, 6.07) is 0. The number of hydrogen-bond donors (Lipinski definition) is 0. The Morgan fingerprint density at radius 2 is 1.60 bits per heavy atom. The summed E-state index contributed by atoms with van der Waals surface area (Å²) in [4.78, 5) is 0. The van der Waals surface area contributed by atoms with Crippen molar-refractivity contribution in [2.75, 3.05) is 6.16 Å². The SMILES string of the molecule is CCCCCCCCP[TeH]. The molecule has 0 rings (SSSR count). The predicted molar refractivity (Wildman–Crippen MR) is 53.7 cm³/mol. The first-order chi connectivity index (χ1) is 4.91. The second-order valence-electron chi connectivity index (χ2n) is 2.68. The van der Waals surface area contributed by atoms with Crippen LogP contribution >= 0.6 is 6.27 Å². The van der Waals surface area contributed by atoms with E-state index in [0.29, 0.717) is 0 Å². The van der Waals surface area contributed by atoms with Crippen LogP contribution in [0.3, 0.4) is 0 Å². The molecule has 10 heavy (non-hydrogen) atoms. The third-order valence-corrected chi connectivity index (χ3v) is 4.13. The minimum atomic E-state index is 1.22. The third-order valence-electron chi connectivity index (χ3n) is 1.64. The van der Waals surface area contributed by atoms with Crippen LogP contribution in [0, 0.1) is 0 Å². The van der Waals surface area contributed by atoms with Crippen molar-refractivity contribution in [1.82, 2.24) is 0 Å². The summed E-state index contributed by atoms with van der Waals surface area (Å²) in [5, 5.41) is 0. The van der Waals surface area contributed by atoms with Gasteiger partial charge in [-0.15, -0.1) is 0 Å². The second kappa shape index (κ2) is 10.2. The van der Waals surface area contributed by atoms with E-state index in [9.17, 15) is 0 Å². The fourth-order valence-electron chi connectivity index (χ4n) is 0.984. The molecule has 0 aliphatic heterocycles. The molecule has 1 atom stereocenters. The van der Waals surface area contributed by atoms with Gasteiger partial charge in [0, 0.05) is 0 Å². The Balaban J connectivity index is 2.65. The minimum absolute atomic E-state index is 1.22. The molecular formula is C8H19PTe. The fraction of sp³-hybridized carbons (Fsp3) is 1.00. The zero-order valence-corrected chi connectivity index (χ0v) is 10.4. The second-order valence-corrected chi connectivity index (χ2v) is 6.20. The molecule has 1 unspecified atom stereocenters. The summed E-state index contributed by atoms with van der Waals surface area (Å²) >= 11 is 1.99. The van der Waals surface area contributed by atoms with Gasteiger partial charge in [-0.25, -0.2) is 0 Å². The van der Waals surface area contributed by atoms with E-state index in [0.717, 1.165) is 0 Å². The van der Waals surface area contributed by atoms with Crippen LogP contribution in [0.15, 0.2) is 0 Å². The van der Waals surface area contributed by atoms with Gasteiger partial charge in [0.2, 0.25) is 0 Å². The Morgan fingerprint density at radius 3 is 2.20 bits per heavy atom. The molecule has 0 N–H and O–H groups in total. The van der Waals surface area contributed by atoms with Crippen LogP contribution in [0.25, 0.3) is 0 Å². The van der Waals surface area contributed by atoms with Gasteiger partial charge in [-0.05, 0) is 0 Å². The third kappa shape index (κ3) is 9.22. The van der Waals surface area contributed by atoms with E-state index in [2.05, 4.69) is 6.92 Å². The van der Waals surface area contributed by atoms with Crippen molar-refractivity contribution in [2.24, 2.45) is 0 Å². The molecule has 0 aliphatic rings. The molecule has 0 aromatic carbocycles. The Morgan fingerprint density at radius 1 is 1.00 bits per heavy atom. The van der Waals surface area contributed by atoms with Crippen LogP contribution < -0.4 is 0 Å². The van der Waals surface area contributed by atoms with Crippen LogP contribution in [0.4, 0.5) is 0 Å². The summed E-state index contributed by atoms with van der Waals surface area (Å²) in [7, 11) is 0. The van der Waals surface area contributed by atoms with Gasteiger partial charge in [0.05, 0.1) is 0 Å². The number of rotatable bonds is 7. The first kappa shape index (κ1) is 11.2. The van der Waals surface area contributed by atoms with Gasteiger partial charge in [-0.1, -0.05) is 0 Å². The Labute approximate surface area is 79.6 Å².